The number of aliphatic hydroxyl groups excluding tert-OH is 1. The lowest BCUT2D eigenvalue weighted by Crippen LogP contribution is -2.17. The molecule has 94 valence electrons. The first-order valence-electron chi connectivity index (χ1n) is 5.64. The van der Waals surface area contributed by atoms with Crippen LogP contribution >= 0.6 is 11.8 Å². The molecule has 0 amide bonds. The first-order valence-corrected chi connectivity index (χ1v) is 6.45. The summed E-state index contributed by atoms with van der Waals surface area (Å²) >= 11 is 0.997. The second-order valence-corrected chi connectivity index (χ2v) is 5.70. The maximum Gasteiger partial charge on any atom is 0.220 e. The highest BCUT2D eigenvalue weighted by atomic mass is 32.2. The quantitative estimate of drug-likeness (QED) is 0.736. The normalized spacial score (nSPS) is 21.8. The maximum absolute atomic E-state index is 11.6. The van der Waals surface area contributed by atoms with E-state index in [2.05, 4.69) is 17.9 Å². The summed E-state index contributed by atoms with van der Waals surface area (Å²) in [5.41, 5.74) is 1.42. The average Bonchev–Trinajstić information content (AvgIpc) is 2.61. The van der Waals surface area contributed by atoms with Crippen molar-refractivity contribution in [1.29, 1.82) is 5.26 Å². The lowest BCUT2D eigenvalue weighted by Gasteiger charge is -2.14. The number of benzene rings is 1. The zero-order valence-electron chi connectivity index (χ0n) is 10.5. The molecule has 1 heterocycles. The van der Waals surface area contributed by atoms with Gasteiger partial charge in [0.1, 0.15) is 16.6 Å². The minimum atomic E-state index is -0.927. The van der Waals surface area contributed by atoms with Gasteiger partial charge in [-0.1, -0.05) is 35.7 Å². The molecule has 2 rings (SSSR count). The van der Waals surface area contributed by atoms with Gasteiger partial charge in [0.2, 0.25) is 5.12 Å². The number of hydrogen-bond acceptors (Lipinski definition) is 4. The summed E-state index contributed by atoms with van der Waals surface area (Å²) in [5, 5.41) is 18.8. The third kappa shape index (κ3) is 2.36. The highest BCUT2D eigenvalue weighted by Crippen LogP contribution is 2.41. The third-order valence-corrected chi connectivity index (χ3v) is 4.09. The Balaban J connectivity index is 2.42. The molecule has 1 atom stereocenters. The van der Waals surface area contributed by atoms with E-state index in [1.165, 1.54) is 0 Å². The van der Waals surface area contributed by atoms with Crippen LogP contribution in [0.25, 0.3) is 0 Å². The van der Waals surface area contributed by atoms with Crippen LogP contribution in [0.4, 0.5) is 0 Å². The Hall–Kier alpha value is -2.17. The summed E-state index contributed by atoms with van der Waals surface area (Å²) < 4.78 is -0.927. The van der Waals surface area contributed by atoms with Crippen LogP contribution in [0.3, 0.4) is 0 Å². The summed E-state index contributed by atoms with van der Waals surface area (Å²) in [4.78, 5) is 11.6. The number of thioether (sulfide) groups is 1. The summed E-state index contributed by atoms with van der Waals surface area (Å²) in [5.74, 6) is 5.78. The second kappa shape index (κ2) is 4.84. The summed E-state index contributed by atoms with van der Waals surface area (Å²) in [6.45, 7) is 3.28. The van der Waals surface area contributed by atoms with Crippen LogP contribution < -0.4 is 0 Å². The molecule has 0 aromatic heterocycles. The van der Waals surface area contributed by atoms with Crippen molar-refractivity contribution in [3.63, 3.8) is 0 Å². The van der Waals surface area contributed by atoms with E-state index in [4.69, 9.17) is 5.26 Å². The molecular formula is C15H11NO2S. The molecule has 0 saturated carbocycles. The van der Waals surface area contributed by atoms with Crippen molar-refractivity contribution in [2.45, 2.75) is 18.6 Å². The predicted molar refractivity (Wildman–Crippen MR) is 74.4 cm³/mol. The van der Waals surface area contributed by atoms with Crippen molar-refractivity contribution in [2.24, 2.45) is 0 Å². The smallest absolute Gasteiger partial charge is 0.220 e. The van der Waals surface area contributed by atoms with E-state index < -0.39 is 4.75 Å². The van der Waals surface area contributed by atoms with Gasteiger partial charge in [-0.05, 0) is 26.0 Å². The SMILES string of the molecule is CC1=C(O)C(C)(C#Cc2ccccc2C#N)SC1=O. The summed E-state index contributed by atoms with van der Waals surface area (Å²) in [6.07, 6.45) is 0. The van der Waals surface area contributed by atoms with Gasteiger partial charge in [-0.2, -0.15) is 5.26 Å². The van der Waals surface area contributed by atoms with Crippen molar-refractivity contribution in [3.8, 4) is 17.9 Å². The Morgan fingerprint density at radius 2 is 1.95 bits per heavy atom. The minimum absolute atomic E-state index is 0.00411. The van der Waals surface area contributed by atoms with E-state index in [1.807, 2.05) is 0 Å². The topological polar surface area (TPSA) is 61.1 Å². The fourth-order valence-corrected chi connectivity index (χ4v) is 2.70. The third-order valence-electron chi connectivity index (χ3n) is 2.89. The Morgan fingerprint density at radius 1 is 1.32 bits per heavy atom. The molecule has 1 aromatic rings. The number of rotatable bonds is 0. The monoisotopic (exact) mass is 269 g/mol. The number of nitriles is 1. The maximum atomic E-state index is 11.6. The Kier molecular flexibility index (Phi) is 3.38. The zero-order chi connectivity index (χ0) is 14.0. The molecule has 1 aromatic carbocycles. The lowest BCUT2D eigenvalue weighted by molar-refractivity contribution is -0.107. The average molecular weight is 269 g/mol. The minimum Gasteiger partial charge on any atom is -0.509 e. The molecule has 19 heavy (non-hydrogen) atoms. The van der Waals surface area contributed by atoms with Gasteiger partial charge < -0.3 is 5.11 Å². The van der Waals surface area contributed by atoms with E-state index in [9.17, 15) is 9.90 Å². The van der Waals surface area contributed by atoms with E-state index in [0.717, 1.165) is 11.8 Å². The van der Waals surface area contributed by atoms with Crippen LogP contribution in [0, 0.1) is 23.2 Å². The molecule has 3 nitrogen and oxygen atoms in total. The van der Waals surface area contributed by atoms with Gasteiger partial charge in [-0.25, -0.2) is 0 Å². The van der Waals surface area contributed by atoms with Crippen LogP contribution in [0.2, 0.25) is 0 Å². The predicted octanol–water partition coefficient (Wildman–Crippen LogP) is 2.77. The van der Waals surface area contributed by atoms with Gasteiger partial charge in [0, 0.05) is 11.1 Å². The van der Waals surface area contributed by atoms with Crippen LogP contribution in [-0.4, -0.2) is 15.0 Å². The van der Waals surface area contributed by atoms with Gasteiger partial charge in [0.15, 0.2) is 0 Å². The highest BCUT2D eigenvalue weighted by molar-refractivity contribution is 8.16. The Bertz CT molecular complexity index is 688. The molecule has 1 aliphatic heterocycles. The van der Waals surface area contributed by atoms with Crippen molar-refractivity contribution >= 4 is 16.9 Å². The molecule has 1 N–H and O–H groups in total. The zero-order valence-corrected chi connectivity index (χ0v) is 11.3. The number of carbonyl (C=O) groups is 1. The molecule has 0 spiro atoms. The lowest BCUT2D eigenvalue weighted by atomic mass is 10.0. The van der Waals surface area contributed by atoms with Crippen LogP contribution in [0.5, 0.6) is 0 Å². The van der Waals surface area contributed by atoms with Crippen molar-refractivity contribution < 1.29 is 9.90 Å². The van der Waals surface area contributed by atoms with Gasteiger partial charge in [-0.3, -0.25) is 4.79 Å². The van der Waals surface area contributed by atoms with Crippen molar-refractivity contribution in [1.82, 2.24) is 0 Å². The van der Waals surface area contributed by atoms with Crippen LogP contribution in [0.15, 0.2) is 35.6 Å². The van der Waals surface area contributed by atoms with Gasteiger partial charge in [0.25, 0.3) is 0 Å². The largest absolute Gasteiger partial charge is 0.509 e. The van der Waals surface area contributed by atoms with Gasteiger partial charge >= 0.3 is 0 Å². The fourth-order valence-electron chi connectivity index (χ4n) is 1.73. The van der Waals surface area contributed by atoms with E-state index in [0.29, 0.717) is 16.7 Å². The first kappa shape index (κ1) is 13.3. The highest BCUT2D eigenvalue weighted by Gasteiger charge is 2.40. The number of aliphatic hydroxyl groups is 1. The molecular weight excluding hydrogens is 258 g/mol. The molecule has 4 heteroatoms. The molecule has 0 aliphatic carbocycles. The molecule has 0 radical (unpaired) electrons. The molecule has 1 aliphatic rings. The Morgan fingerprint density at radius 3 is 2.47 bits per heavy atom. The van der Waals surface area contributed by atoms with Gasteiger partial charge in [0.05, 0.1) is 5.56 Å². The molecule has 0 bridgehead atoms. The molecule has 0 saturated heterocycles. The summed E-state index contributed by atoms with van der Waals surface area (Å²) in [6, 6.07) is 9.04. The van der Waals surface area contributed by atoms with Crippen molar-refractivity contribution in [3.05, 3.63) is 46.7 Å². The number of hydrogen-bond donors (Lipinski definition) is 1. The Labute approximate surface area is 115 Å². The van der Waals surface area contributed by atoms with E-state index in [-0.39, 0.29) is 10.9 Å². The first-order chi connectivity index (χ1) is 8.98. The second-order valence-electron chi connectivity index (χ2n) is 4.30. The number of carbonyl (C=O) groups excluding carboxylic acids is 1. The fraction of sp³-hybridized carbons (Fsp3) is 0.200. The van der Waals surface area contributed by atoms with E-state index >= 15 is 0 Å². The standard InChI is InChI=1S/C15H11NO2S/c1-10-13(17)15(2,19-14(10)18)8-7-11-5-3-4-6-12(11)9-16/h3-6,17H,1-2H3. The molecule has 0 fully saturated rings. The van der Waals surface area contributed by atoms with Crippen LogP contribution in [0.1, 0.15) is 25.0 Å². The van der Waals surface area contributed by atoms with E-state index in [1.54, 1.807) is 38.1 Å². The van der Waals surface area contributed by atoms with Gasteiger partial charge in [-0.15, -0.1) is 0 Å². The van der Waals surface area contributed by atoms with Crippen LogP contribution in [-0.2, 0) is 4.79 Å². The number of nitrogens with zero attached hydrogens (tertiary/aromatic N) is 1. The molecule has 1 unspecified atom stereocenters. The summed E-state index contributed by atoms with van der Waals surface area (Å²) in [7, 11) is 0. The van der Waals surface area contributed by atoms with Crippen molar-refractivity contribution in [2.75, 3.05) is 0 Å².